The van der Waals surface area contributed by atoms with Gasteiger partial charge in [0.15, 0.2) is 0 Å². The van der Waals surface area contributed by atoms with Gasteiger partial charge in [0.25, 0.3) is 0 Å². The van der Waals surface area contributed by atoms with Crippen LogP contribution in [0.2, 0.25) is 0 Å². The highest BCUT2D eigenvalue weighted by atomic mass is 16.3. The highest BCUT2D eigenvalue weighted by Crippen LogP contribution is 2.27. The summed E-state index contributed by atoms with van der Waals surface area (Å²) >= 11 is 0. The summed E-state index contributed by atoms with van der Waals surface area (Å²) in [5.41, 5.74) is 3.73. The third kappa shape index (κ3) is 3.25. The number of fused-ring (bicyclic) bond motifs is 2. The minimum absolute atomic E-state index is 0.124. The van der Waals surface area contributed by atoms with Crippen molar-refractivity contribution in [3.8, 4) is 0 Å². The Morgan fingerprint density at radius 3 is 2.92 bits per heavy atom. The maximum Gasteiger partial charge on any atom is 0.241 e. The van der Waals surface area contributed by atoms with Gasteiger partial charge >= 0.3 is 0 Å². The fourth-order valence-electron chi connectivity index (χ4n) is 3.82. The van der Waals surface area contributed by atoms with Crippen LogP contribution in [0.1, 0.15) is 29.5 Å². The number of anilines is 1. The van der Waals surface area contributed by atoms with Crippen LogP contribution in [-0.2, 0) is 24.3 Å². The molecule has 4 rings (SSSR count). The minimum atomic E-state index is -0.953. The minimum Gasteiger partial charge on any atom is -0.393 e. The van der Waals surface area contributed by atoms with E-state index in [1.54, 1.807) is 0 Å². The number of rotatable bonds is 4. The number of aromatic nitrogens is 2. The predicted octanol–water partition coefficient (Wildman–Crippen LogP) is 0.704. The Morgan fingerprint density at radius 2 is 2.08 bits per heavy atom. The second kappa shape index (κ2) is 7.19. The van der Waals surface area contributed by atoms with Crippen LogP contribution in [0, 0.1) is 0 Å². The standard InChI is InChI=1S/C19H24N4O3/c24-13-18(25)16-10-15-11-21(7-3-8-23(15)20-16)12-19(26)22-9-6-14-4-1-2-5-17(14)22/h1-2,4-5,10,18,24-25H,3,6-9,11-13H2/t18-/m0/s1. The zero-order valence-corrected chi connectivity index (χ0v) is 14.7. The zero-order chi connectivity index (χ0) is 18.1. The molecule has 3 heterocycles. The SMILES string of the molecule is O=C(CN1CCCn2nc([C@@H](O)CO)cc2C1)N1CCc2ccccc21. The van der Waals surface area contributed by atoms with Crippen molar-refractivity contribution >= 4 is 11.6 Å². The van der Waals surface area contributed by atoms with E-state index in [4.69, 9.17) is 5.11 Å². The molecule has 2 N–H and O–H groups in total. The van der Waals surface area contributed by atoms with Crippen molar-refractivity contribution in [1.29, 1.82) is 0 Å². The largest absolute Gasteiger partial charge is 0.393 e. The summed E-state index contributed by atoms with van der Waals surface area (Å²) in [5.74, 6) is 0.124. The van der Waals surface area contributed by atoms with Crippen molar-refractivity contribution in [3.63, 3.8) is 0 Å². The van der Waals surface area contributed by atoms with Gasteiger partial charge in [0.2, 0.25) is 5.91 Å². The van der Waals surface area contributed by atoms with Crippen molar-refractivity contribution in [3.05, 3.63) is 47.3 Å². The molecule has 1 atom stereocenters. The third-order valence-electron chi connectivity index (χ3n) is 5.17. The van der Waals surface area contributed by atoms with Crippen LogP contribution in [0.3, 0.4) is 0 Å². The van der Waals surface area contributed by atoms with E-state index < -0.39 is 6.10 Å². The zero-order valence-electron chi connectivity index (χ0n) is 14.7. The van der Waals surface area contributed by atoms with Crippen LogP contribution in [-0.4, -0.2) is 57.0 Å². The molecule has 0 spiro atoms. The van der Waals surface area contributed by atoms with Crippen LogP contribution in [0.4, 0.5) is 5.69 Å². The van der Waals surface area contributed by atoms with Gasteiger partial charge in [-0.1, -0.05) is 18.2 Å². The Balaban J connectivity index is 1.46. The van der Waals surface area contributed by atoms with E-state index >= 15 is 0 Å². The molecule has 1 aromatic heterocycles. The smallest absolute Gasteiger partial charge is 0.241 e. The van der Waals surface area contributed by atoms with Crippen LogP contribution in [0.5, 0.6) is 0 Å². The van der Waals surface area contributed by atoms with Crippen molar-refractivity contribution in [2.45, 2.75) is 32.0 Å². The number of hydrogen-bond acceptors (Lipinski definition) is 5. The number of amides is 1. The van der Waals surface area contributed by atoms with E-state index in [0.717, 1.165) is 43.9 Å². The van der Waals surface area contributed by atoms with Gasteiger partial charge in [-0.3, -0.25) is 14.4 Å². The highest BCUT2D eigenvalue weighted by Gasteiger charge is 2.27. The molecular formula is C19H24N4O3. The number of hydrogen-bond donors (Lipinski definition) is 2. The van der Waals surface area contributed by atoms with Crippen molar-refractivity contribution in [2.24, 2.45) is 0 Å². The summed E-state index contributed by atoms with van der Waals surface area (Å²) < 4.78 is 1.88. The summed E-state index contributed by atoms with van der Waals surface area (Å²) in [6.45, 7) is 2.99. The first-order valence-electron chi connectivity index (χ1n) is 9.12. The van der Waals surface area contributed by atoms with Gasteiger partial charge in [-0.15, -0.1) is 0 Å². The third-order valence-corrected chi connectivity index (χ3v) is 5.17. The lowest BCUT2D eigenvalue weighted by Gasteiger charge is -2.23. The lowest BCUT2D eigenvalue weighted by Crippen LogP contribution is -2.39. The number of benzene rings is 1. The molecule has 0 fully saturated rings. The second-order valence-electron chi connectivity index (χ2n) is 6.97. The maximum absolute atomic E-state index is 12.8. The van der Waals surface area contributed by atoms with Gasteiger partial charge < -0.3 is 15.1 Å². The molecule has 0 radical (unpaired) electrons. The second-order valence-corrected chi connectivity index (χ2v) is 6.97. The van der Waals surface area contributed by atoms with Gasteiger partial charge in [0.1, 0.15) is 6.10 Å². The van der Waals surface area contributed by atoms with Gasteiger partial charge in [-0.05, 0) is 30.5 Å². The van der Waals surface area contributed by atoms with Crippen LogP contribution in [0.25, 0.3) is 0 Å². The Labute approximate surface area is 152 Å². The van der Waals surface area contributed by atoms with E-state index in [1.807, 2.05) is 33.8 Å². The number of aliphatic hydroxyl groups excluding tert-OH is 2. The van der Waals surface area contributed by atoms with Crippen molar-refractivity contribution in [1.82, 2.24) is 14.7 Å². The number of aryl methyl sites for hydroxylation is 1. The molecule has 1 amide bonds. The molecule has 0 bridgehead atoms. The average molecular weight is 356 g/mol. The molecule has 2 aliphatic rings. The highest BCUT2D eigenvalue weighted by molar-refractivity contribution is 5.96. The number of para-hydroxylation sites is 1. The molecule has 7 nitrogen and oxygen atoms in total. The monoisotopic (exact) mass is 356 g/mol. The van der Waals surface area contributed by atoms with Crippen LogP contribution >= 0.6 is 0 Å². The Hall–Kier alpha value is -2.22. The Morgan fingerprint density at radius 1 is 1.23 bits per heavy atom. The van der Waals surface area contributed by atoms with Gasteiger partial charge in [0, 0.05) is 31.9 Å². The molecule has 138 valence electrons. The summed E-state index contributed by atoms with van der Waals surface area (Å²) in [4.78, 5) is 16.9. The fourth-order valence-corrected chi connectivity index (χ4v) is 3.82. The molecule has 0 saturated heterocycles. The summed E-state index contributed by atoms with van der Waals surface area (Å²) in [6.07, 6.45) is 0.857. The average Bonchev–Trinajstić information content (AvgIpc) is 3.21. The fraction of sp³-hybridized carbons (Fsp3) is 0.474. The number of nitrogens with zero attached hydrogens (tertiary/aromatic N) is 4. The van der Waals surface area contributed by atoms with E-state index in [1.165, 1.54) is 5.56 Å². The molecule has 2 aromatic rings. The number of aliphatic hydroxyl groups is 2. The lowest BCUT2D eigenvalue weighted by molar-refractivity contribution is -0.119. The van der Waals surface area contributed by atoms with E-state index in [0.29, 0.717) is 18.8 Å². The van der Waals surface area contributed by atoms with Crippen molar-refractivity contribution in [2.75, 3.05) is 31.1 Å². The van der Waals surface area contributed by atoms with Crippen molar-refractivity contribution < 1.29 is 15.0 Å². The quantitative estimate of drug-likeness (QED) is 0.843. The molecule has 2 aliphatic heterocycles. The van der Waals surface area contributed by atoms with E-state index in [9.17, 15) is 9.90 Å². The summed E-state index contributed by atoms with van der Waals surface area (Å²) in [7, 11) is 0. The molecule has 0 saturated carbocycles. The number of carbonyl (C=O) groups is 1. The van der Waals surface area contributed by atoms with Crippen LogP contribution < -0.4 is 4.90 Å². The van der Waals surface area contributed by atoms with Crippen LogP contribution in [0.15, 0.2) is 30.3 Å². The topological polar surface area (TPSA) is 81.8 Å². The molecule has 26 heavy (non-hydrogen) atoms. The first kappa shape index (κ1) is 17.2. The van der Waals surface area contributed by atoms with E-state index in [2.05, 4.69) is 16.1 Å². The van der Waals surface area contributed by atoms with Gasteiger partial charge in [-0.25, -0.2) is 0 Å². The normalized spacial score (nSPS) is 18.3. The van der Waals surface area contributed by atoms with Gasteiger partial charge in [0.05, 0.1) is 24.5 Å². The maximum atomic E-state index is 12.8. The molecule has 0 unspecified atom stereocenters. The Bertz CT molecular complexity index is 804. The first-order chi connectivity index (χ1) is 12.7. The molecular weight excluding hydrogens is 332 g/mol. The lowest BCUT2D eigenvalue weighted by atomic mass is 10.2. The molecule has 1 aromatic carbocycles. The number of carbonyl (C=O) groups excluding carboxylic acids is 1. The Kier molecular flexibility index (Phi) is 4.76. The predicted molar refractivity (Wildman–Crippen MR) is 96.7 cm³/mol. The molecule has 0 aliphatic carbocycles. The van der Waals surface area contributed by atoms with Gasteiger partial charge in [-0.2, -0.15) is 5.10 Å². The summed E-state index contributed by atoms with van der Waals surface area (Å²) in [5, 5.41) is 23.3. The summed E-state index contributed by atoms with van der Waals surface area (Å²) in [6, 6.07) is 9.92. The van der Waals surface area contributed by atoms with E-state index in [-0.39, 0.29) is 12.5 Å². The molecule has 7 heteroatoms. The first-order valence-corrected chi connectivity index (χ1v) is 9.12.